The van der Waals surface area contributed by atoms with E-state index in [1.54, 1.807) is 6.20 Å². The summed E-state index contributed by atoms with van der Waals surface area (Å²) in [6.45, 7) is 0. The summed E-state index contributed by atoms with van der Waals surface area (Å²) in [7, 11) is 0. The molecule has 0 saturated heterocycles. The summed E-state index contributed by atoms with van der Waals surface area (Å²) in [6.07, 6.45) is 14.1. The van der Waals surface area contributed by atoms with Crippen LogP contribution >= 0.6 is 15.9 Å². The van der Waals surface area contributed by atoms with Crippen molar-refractivity contribution in [2.24, 2.45) is 5.92 Å². The molecule has 2 aromatic heterocycles. The summed E-state index contributed by atoms with van der Waals surface area (Å²) in [4.78, 5) is 21.8. The molecule has 0 atom stereocenters. The lowest BCUT2D eigenvalue weighted by Crippen LogP contribution is -2.22. The van der Waals surface area contributed by atoms with Gasteiger partial charge in [0.05, 0.1) is 11.9 Å². The van der Waals surface area contributed by atoms with Crippen molar-refractivity contribution in [2.45, 2.75) is 63.7 Å². The normalized spacial score (nSPS) is 19.9. The van der Waals surface area contributed by atoms with Crippen molar-refractivity contribution >= 4 is 33.3 Å². The third-order valence-electron chi connectivity index (χ3n) is 5.46. The number of amides is 1. The van der Waals surface area contributed by atoms with Gasteiger partial charge in [-0.15, -0.1) is 0 Å². The molecule has 5 nitrogen and oxygen atoms in total. The minimum absolute atomic E-state index is 0.152. The summed E-state index contributed by atoms with van der Waals surface area (Å²) >= 11 is 3.43. The lowest BCUT2D eigenvalue weighted by molar-refractivity contribution is -0.119. The number of carbonyl (C=O) groups is 1. The first-order valence-electron chi connectivity index (χ1n) is 9.07. The number of nitrogens with zero attached hydrogens (tertiary/aromatic N) is 3. The van der Waals surface area contributed by atoms with E-state index >= 15 is 0 Å². The number of halogens is 1. The summed E-state index contributed by atoms with van der Waals surface area (Å²) < 4.78 is 2.73. The number of nitrogens with one attached hydrogen (secondary N) is 1. The van der Waals surface area contributed by atoms with Gasteiger partial charge in [0.2, 0.25) is 5.91 Å². The second-order valence-corrected chi connectivity index (χ2v) is 7.90. The number of aromatic nitrogens is 3. The average molecular weight is 391 g/mol. The molecule has 0 bridgehead atoms. The molecule has 2 fully saturated rings. The van der Waals surface area contributed by atoms with Crippen molar-refractivity contribution in [3.05, 3.63) is 22.7 Å². The highest BCUT2D eigenvalue weighted by molar-refractivity contribution is 9.10. The number of rotatable bonds is 3. The zero-order valence-electron chi connectivity index (χ0n) is 13.8. The van der Waals surface area contributed by atoms with Crippen LogP contribution in [0.1, 0.15) is 69.4 Å². The predicted molar refractivity (Wildman–Crippen MR) is 97.1 cm³/mol. The van der Waals surface area contributed by atoms with Gasteiger partial charge in [0.15, 0.2) is 5.65 Å². The number of carbonyl (C=O) groups excluding carboxylic acids is 1. The molecule has 2 saturated carbocycles. The van der Waals surface area contributed by atoms with E-state index < -0.39 is 0 Å². The van der Waals surface area contributed by atoms with Crippen molar-refractivity contribution in [3.63, 3.8) is 0 Å². The molecule has 0 aromatic carbocycles. The minimum Gasteiger partial charge on any atom is -0.310 e. The Labute approximate surface area is 150 Å². The number of imidazole rings is 1. The second kappa shape index (κ2) is 6.82. The predicted octanol–water partition coefficient (Wildman–Crippen LogP) is 4.67. The van der Waals surface area contributed by atoms with Gasteiger partial charge in [-0.1, -0.05) is 32.1 Å². The first-order valence-corrected chi connectivity index (χ1v) is 9.86. The Bertz CT molecular complexity index is 745. The summed E-state index contributed by atoms with van der Waals surface area (Å²) in [5.41, 5.74) is 1.85. The number of fused-ring (bicyclic) bond motifs is 1. The first-order chi connectivity index (χ1) is 11.7. The zero-order valence-corrected chi connectivity index (χ0v) is 15.4. The molecule has 2 heterocycles. The monoisotopic (exact) mass is 390 g/mol. The fraction of sp³-hybridized carbons (Fsp3) is 0.611. The molecule has 6 heteroatoms. The maximum Gasteiger partial charge on any atom is 0.228 e. The van der Waals surface area contributed by atoms with Crippen molar-refractivity contribution in [3.8, 4) is 0 Å². The molecule has 0 unspecified atom stereocenters. The molecule has 24 heavy (non-hydrogen) atoms. The lowest BCUT2D eigenvalue weighted by Gasteiger charge is -2.21. The molecule has 1 amide bonds. The van der Waals surface area contributed by atoms with E-state index in [0.717, 1.165) is 60.3 Å². The molecule has 128 valence electrons. The molecule has 0 spiro atoms. The Balaban J connectivity index is 1.71. The van der Waals surface area contributed by atoms with Crippen LogP contribution in [0.15, 0.2) is 17.0 Å². The lowest BCUT2D eigenvalue weighted by atomic mass is 9.87. The summed E-state index contributed by atoms with van der Waals surface area (Å²) in [5, 5.41) is 3.21. The Morgan fingerprint density at radius 2 is 1.83 bits per heavy atom. The van der Waals surface area contributed by atoms with Gasteiger partial charge in [0, 0.05) is 18.0 Å². The van der Waals surface area contributed by atoms with Gasteiger partial charge < -0.3 is 5.32 Å². The minimum atomic E-state index is 0.152. The van der Waals surface area contributed by atoms with E-state index in [0.29, 0.717) is 5.92 Å². The van der Waals surface area contributed by atoms with Gasteiger partial charge in [0.25, 0.3) is 0 Å². The van der Waals surface area contributed by atoms with Crippen LogP contribution in [0.5, 0.6) is 0 Å². The molecular formula is C18H23BrN4O. The highest BCUT2D eigenvalue weighted by Gasteiger charge is 2.28. The van der Waals surface area contributed by atoms with Crippen molar-refractivity contribution in [2.75, 3.05) is 5.32 Å². The van der Waals surface area contributed by atoms with Crippen LogP contribution in [0, 0.1) is 5.92 Å². The molecule has 1 N–H and O–H groups in total. The Morgan fingerprint density at radius 3 is 2.58 bits per heavy atom. The number of hydrogen-bond donors (Lipinski definition) is 1. The van der Waals surface area contributed by atoms with Gasteiger partial charge in [0.1, 0.15) is 10.4 Å². The van der Waals surface area contributed by atoms with Gasteiger partial charge >= 0.3 is 0 Å². The Kier molecular flexibility index (Phi) is 4.57. The van der Waals surface area contributed by atoms with Crippen LogP contribution in [0.3, 0.4) is 0 Å². The smallest absolute Gasteiger partial charge is 0.228 e. The maximum absolute atomic E-state index is 12.7. The standard InChI is InChI=1S/C18H23BrN4O/c19-14-11-23-15(10-20-14)21-16(12-6-2-1-3-7-12)17(23)22-18(24)13-8-4-5-9-13/h10-13H,1-9H2,(H,22,24). The van der Waals surface area contributed by atoms with Crippen LogP contribution in [0.2, 0.25) is 0 Å². The van der Waals surface area contributed by atoms with E-state index in [-0.39, 0.29) is 11.8 Å². The molecule has 2 aliphatic carbocycles. The fourth-order valence-corrected chi connectivity index (χ4v) is 4.45. The third kappa shape index (κ3) is 3.08. The first kappa shape index (κ1) is 16.1. The van der Waals surface area contributed by atoms with E-state index in [9.17, 15) is 4.79 Å². The third-order valence-corrected chi connectivity index (χ3v) is 5.87. The van der Waals surface area contributed by atoms with E-state index in [1.807, 2.05) is 10.6 Å². The number of hydrogen-bond acceptors (Lipinski definition) is 3. The van der Waals surface area contributed by atoms with Gasteiger partial charge in [-0.05, 0) is 41.6 Å². The van der Waals surface area contributed by atoms with Crippen LogP contribution in [0.25, 0.3) is 5.65 Å². The SMILES string of the molecule is O=C(Nc1c(C2CCCCC2)nc2cnc(Br)cn12)C1CCCC1. The van der Waals surface area contributed by atoms with E-state index in [4.69, 9.17) is 4.98 Å². The second-order valence-electron chi connectivity index (χ2n) is 7.09. The maximum atomic E-state index is 12.7. The summed E-state index contributed by atoms with van der Waals surface area (Å²) in [5.74, 6) is 1.60. The molecule has 4 rings (SSSR count). The van der Waals surface area contributed by atoms with Crippen molar-refractivity contribution < 1.29 is 4.79 Å². The van der Waals surface area contributed by atoms with E-state index in [2.05, 4.69) is 26.2 Å². The topological polar surface area (TPSA) is 59.3 Å². The van der Waals surface area contributed by atoms with Gasteiger partial charge in [-0.25, -0.2) is 9.97 Å². The Hall–Kier alpha value is -1.43. The molecule has 2 aromatic rings. The molecule has 0 radical (unpaired) electrons. The van der Waals surface area contributed by atoms with Crippen LogP contribution < -0.4 is 5.32 Å². The molecular weight excluding hydrogens is 368 g/mol. The van der Waals surface area contributed by atoms with Crippen molar-refractivity contribution in [1.29, 1.82) is 0 Å². The number of anilines is 1. The van der Waals surface area contributed by atoms with Crippen LogP contribution in [-0.4, -0.2) is 20.3 Å². The van der Waals surface area contributed by atoms with Gasteiger partial charge in [-0.3, -0.25) is 9.20 Å². The van der Waals surface area contributed by atoms with E-state index in [1.165, 1.54) is 19.3 Å². The summed E-state index contributed by atoms with van der Waals surface area (Å²) in [6, 6.07) is 0. The van der Waals surface area contributed by atoms with Crippen LogP contribution in [-0.2, 0) is 4.79 Å². The average Bonchev–Trinajstić information content (AvgIpc) is 3.24. The quantitative estimate of drug-likeness (QED) is 0.827. The Morgan fingerprint density at radius 1 is 1.12 bits per heavy atom. The largest absolute Gasteiger partial charge is 0.310 e. The fourth-order valence-electron chi connectivity index (χ4n) is 4.14. The van der Waals surface area contributed by atoms with Crippen LogP contribution in [0.4, 0.5) is 5.82 Å². The van der Waals surface area contributed by atoms with Crippen molar-refractivity contribution in [1.82, 2.24) is 14.4 Å². The molecule has 2 aliphatic rings. The highest BCUT2D eigenvalue weighted by atomic mass is 79.9. The van der Waals surface area contributed by atoms with Gasteiger partial charge in [-0.2, -0.15) is 0 Å². The zero-order chi connectivity index (χ0) is 16.5. The molecule has 0 aliphatic heterocycles. The highest BCUT2D eigenvalue weighted by Crippen LogP contribution is 2.37.